The number of rotatable bonds is 14. The van der Waals surface area contributed by atoms with Crippen molar-refractivity contribution >= 4 is 99.4 Å². The molecule has 6 aliphatic heterocycles. The molecule has 9 aromatic rings. The molecule has 0 N–H and O–H groups in total. The Morgan fingerprint density at radius 2 is 0.771 bits per heavy atom. The van der Waals surface area contributed by atoms with Crippen LogP contribution in [0.2, 0.25) is 20.5 Å². The van der Waals surface area contributed by atoms with Crippen LogP contribution in [0.15, 0.2) is 195 Å². The summed E-state index contributed by atoms with van der Waals surface area (Å²) in [5.41, 5.74) is 15.0. The van der Waals surface area contributed by atoms with Gasteiger partial charge in [0.1, 0.15) is 32.8 Å². The lowest BCUT2D eigenvalue weighted by atomic mass is 9.74. The van der Waals surface area contributed by atoms with Crippen LogP contribution in [-0.2, 0) is 16.2 Å². The fraction of sp³-hybridized carbons (Fsp3) is 0.302. The molecular formula is C86H86Cl4FN9O5. The number of likely N-dealkylation sites (tertiary alicyclic amines) is 3. The number of piperidine rings is 3. The second-order valence-electron chi connectivity index (χ2n) is 28.5. The van der Waals surface area contributed by atoms with Crippen molar-refractivity contribution in [3.05, 3.63) is 288 Å². The van der Waals surface area contributed by atoms with Crippen LogP contribution < -0.4 is 24.2 Å². The predicted molar refractivity (Wildman–Crippen MR) is 423 cm³/mol. The number of nitrogens with zero attached hydrogens (tertiary/aromatic N) is 9. The third-order valence-corrected chi connectivity index (χ3v) is 22.6. The Hall–Kier alpha value is -9.03. The zero-order chi connectivity index (χ0) is 73.4. The van der Waals surface area contributed by atoms with E-state index in [9.17, 15) is 18.8 Å². The molecule has 3 fully saturated rings. The number of aryl methyl sites for hydroxylation is 3. The summed E-state index contributed by atoms with van der Waals surface area (Å²) in [6, 6.07) is 50.4. The maximum absolute atomic E-state index is 14.1. The SMILES string of the molecule is COc1ccc(/C=C/CN2CCC3(CC2)CN(C(=O)c2ccnc(Cl)c2)c2ccc(C)cc23)cc1.COc1ccc2c(c1)C1(CCN(C/C=C/c3ccc(Cl)cc3F)CC1)CN2C(=O)c1ccnc(Cl)c1.Cc1ccc(/C=C/CN2CCC3(CC2)CN(C(=O)c2ccnc(Cl)c2)c2ccc(C)cc23)cc1. The Kier molecular flexibility index (Phi) is 23.2. The maximum atomic E-state index is 14.1. The van der Waals surface area contributed by atoms with Crippen molar-refractivity contribution in [3.8, 4) is 11.5 Å². The summed E-state index contributed by atoms with van der Waals surface area (Å²) in [5.74, 6) is 1.22. The summed E-state index contributed by atoms with van der Waals surface area (Å²) in [7, 11) is 3.34. The lowest BCUT2D eigenvalue weighted by Gasteiger charge is -2.39. The third kappa shape index (κ3) is 17.0. The number of halogens is 5. The fourth-order valence-corrected chi connectivity index (χ4v) is 16.4. The van der Waals surface area contributed by atoms with Gasteiger partial charge >= 0.3 is 0 Å². The summed E-state index contributed by atoms with van der Waals surface area (Å²) in [4.78, 5) is 65.6. The average Bonchev–Trinajstić information content (AvgIpc) is 1.60. The number of carbonyl (C=O) groups excluding carboxylic acids is 3. The summed E-state index contributed by atoms with van der Waals surface area (Å²) in [6.07, 6.45) is 23.3. The van der Waals surface area contributed by atoms with Crippen LogP contribution in [0.3, 0.4) is 0 Å². The molecule has 3 spiro atoms. The van der Waals surface area contributed by atoms with E-state index in [0.29, 0.717) is 55.8 Å². The van der Waals surface area contributed by atoms with Gasteiger partial charge in [0.25, 0.3) is 17.7 Å². The van der Waals surface area contributed by atoms with Crippen LogP contribution in [0, 0.1) is 26.6 Å². The van der Waals surface area contributed by atoms with Crippen molar-refractivity contribution in [3.63, 3.8) is 0 Å². The van der Waals surface area contributed by atoms with E-state index in [1.165, 1.54) is 45.0 Å². The van der Waals surface area contributed by atoms with E-state index in [4.69, 9.17) is 55.9 Å². The molecular weight excluding hydrogens is 1400 g/mol. The monoisotopic (exact) mass is 1480 g/mol. The van der Waals surface area contributed by atoms with Crippen molar-refractivity contribution in [2.75, 3.05) is 107 Å². The van der Waals surface area contributed by atoms with Crippen LogP contribution in [-0.4, -0.2) is 140 Å². The standard InChI is InChI=1S/C29H30ClN3O2.C29H30ClN3O.C28H26Cl2FN3O2/c1-21-5-10-26-25(18-21)29(20-33(26)28(34)23-11-14-31-27(30)19-23)12-16-32(17-13-29)15-3-4-22-6-8-24(35-2)9-7-22;1-21-5-8-23(9-6-21)4-3-15-32-16-12-29(13-17-32)20-33(26-10-7-22(2)18-25(26)29)28(34)24-11-14-31-27(30)19-24;1-36-22-6-7-25-23(17-22)28(18-34(25)27(35)20-8-11-32-26(30)15-20)9-13-33(14-10-28)12-2-3-19-4-5-21(29)16-24(19)31/h3-11,14,18-19H,12-13,15-17,20H2,1-2H3;3-11,14,18-19H,12-13,15-17,20H2,1-2H3;2-8,11,15-17H,9-10,12-14,18H2,1H3/b2*4-3+;3-2+. The summed E-state index contributed by atoms with van der Waals surface area (Å²) >= 11 is 24.0. The lowest BCUT2D eigenvalue weighted by Crippen LogP contribution is -2.46. The number of anilines is 3. The number of hydrogen-bond acceptors (Lipinski definition) is 11. The molecule has 3 saturated heterocycles. The smallest absolute Gasteiger partial charge is 0.258 e. The van der Waals surface area contributed by atoms with Crippen molar-refractivity contribution in [2.45, 2.75) is 75.5 Å². The van der Waals surface area contributed by atoms with Crippen LogP contribution in [0.25, 0.3) is 18.2 Å². The minimum Gasteiger partial charge on any atom is -0.497 e. The molecule has 0 unspecified atom stereocenters. The Balaban J connectivity index is 0.000000140. The molecule has 6 aliphatic rings. The first-order chi connectivity index (χ1) is 50.8. The highest BCUT2D eigenvalue weighted by atomic mass is 35.5. The van der Waals surface area contributed by atoms with Gasteiger partial charge in [0.2, 0.25) is 0 Å². The van der Waals surface area contributed by atoms with E-state index in [1.807, 2.05) is 45.0 Å². The van der Waals surface area contributed by atoms with Crippen molar-refractivity contribution < 1.29 is 28.2 Å². The number of benzene rings is 6. The largest absolute Gasteiger partial charge is 0.497 e. The number of ether oxygens (including phenoxy) is 2. The van der Waals surface area contributed by atoms with E-state index in [-0.39, 0.29) is 39.8 Å². The number of amides is 3. The zero-order valence-electron chi connectivity index (χ0n) is 59.9. The second-order valence-corrected chi connectivity index (χ2v) is 30.1. The van der Waals surface area contributed by atoms with Crippen molar-refractivity contribution in [2.24, 2.45) is 0 Å². The Morgan fingerprint density at radius 3 is 1.15 bits per heavy atom. The first kappa shape index (κ1) is 74.3. The van der Waals surface area contributed by atoms with Crippen molar-refractivity contribution in [1.82, 2.24) is 29.7 Å². The Morgan fingerprint density at radius 1 is 0.419 bits per heavy atom. The van der Waals surface area contributed by atoms with Gasteiger partial charge in [-0.05, 0) is 217 Å². The van der Waals surface area contributed by atoms with Crippen LogP contribution >= 0.6 is 46.4 Å². The van der Waals surface area contributed by atoms with Crippen LogP contribution in [0.4, 0.5) is 21.5 Å². The van der Waals surface area contributed by atoms with E-state index in [1.54, 1.807) is 87.4 Å². The van der Waals surface area contributed by atoms with Gasteiger partial charge in [-0.1, -0.05) is 166 Å². The number of hydrogen-bond donors (Lipinski definition) is 0. The van der Waals surface area contributed by atoms with Gasteiger partial charge in [-0.2, -0.15) is 0 Å². The molecule has 15 rings (SSSR count). The number of pyridine rings is 3. The topological polar surface area (TPSA) is 128 Å². The highest BCUT2D eigenvalue weighted by Gasteiger charge is 2.49. The molecule has 0 bridgehead atoms. The molecule has 0 radical (unpaired) electrons. The molecule has 0 atom stereocenters. The quantitative estimate of drug-likeness (QED) is 0.0965. The van der Waals surface area contributed by atoms with Gasteiger partial charge < -0.3 is 24.2 Å². The van der Waals surface area contributed by atoms with Gasteiger partial charge in [0.05, 0.1) is 14.2 Å². The summed E-state index contributed by atoms with van der Waals surface area (Å²) in [6.45, 7) is 16.8. The molecule has 0 saturated carbocycles. The fourth-order valence-electron chi connectivity index (χ4n) is 15.8. The molecule has 3 amide bonds. The molecule has 9 heterocycles. The molecule has 14 nitrogen and oxygen atoms in total. The molecule has 0 aliphatic carbocycles. The van der Waals surface area contributed by atoms with Crippen molar-refractivity contribution in [1.29, 1.82) is 0 Å². The number of carbonyl (C=O) groups is 3. The number of methoxy groups -OCH3 is 2. The second kappa shape index (κ2) is 32.8. The molecule has 105 heavy (non-hydrogen) atoms. The highest BCUT2D eigenvalue weighted by molar-refractivity contribution is 6.31. The van der Waals surface area contributed by atoms with Gasteiger partial charge in [0.15, 0.2) is 0 Å². The van der Waals surface area contributed by atoms with E-state index in [0.717, 1.165) is 138 Å². The first-order valence-corrected chi connectivity index (χ1v) is 37.3. The molecule has 6 aromatic carbocycles. The predicted octanol–water partition coefficient (Wildman–Crippen LogP) is 18.1. The molecule has 3 aromatic heterocycles. The Labute approximate surface area is 635 Å². The van der Waals surface area contributed by atoms with Gasteiger partial charge in [0, 0.05) is 118 Å². The average molecular weight is 1490 g/mol. The summed E-state index contributed by atoms with van der Waals surface area (Å²) < 4.78 is 24.8. The minimum atomic E-state index is -0.326. The Bertz CT molecular complexity index is 4740. The highest BCUT2D eigenvalue weighted by Crippen LogP contribution is 2.51. The van der Waals surface area contributed by atoms with Crippen LogP contribution in [0.5, 0.6) is 11.5 Å². The minimum absolute atomic E-state index is 0.00487. The van der Waals surface area contributed by atoms with E-state index < -0.39 is 0 Å². The zero-order valence-corrected chi connectivity index (χ0v) is 62.9. The first-order valence-electron chi connectivity index (χ1n) is 35.8. The number of aromatic nitrogens is 3. The molecule has 540 valence electrons. The van der Waals surface area contributed by atoms with E-state index >= 15 is 0 Å². The van der Waals surface area contributed by atoms with E-state index in [2.05, 4.69) is 154 Å². The third-order valence-electron chi connectivity index (χ3n) is 21.7. The van der Waals surface area contributed by atoms with Gasteiger partial charge in [-0.25, -0.2) is 19.3 Å². The lowest BCUT2D eigenvalue weighted by molar-refractivity contribution is 0.0970. The normalized spacial score (nSPS) is 17.2. The van der Waals surface area contributed by atoms with Gasteiger partial charge in [-0.3, -0.25) is 29.1 Å². The number of fused-ring (bicyclic) bond motifs is 6. The van der Waals surface area contributed by atoms with Crippen LogP contribution in [0.1, 0.15) is 120 Å². The maximum Gasteiger partial charge on any atom is 0.258 e. The summed E-state index contributed by atoms with van der Waals surface area (Å²) in [5, 5.41) is 1.37. The molecule has 19 heteroatoms. The van der Waals surface area contributed by atoms with Gasteiger partial charge in [-0.15, -0.1) is 0 Å².